The first-order valence-corrected chi connectivity index (χ1v) is 5.53. The molecule has 16 heavy (non-hydrogen) atoms. The molecule has 0 bridgehead atoms. The summed E-state index contributed by atoms with van der Waals surface area (Å²) in [5.74, 6) is 0.279. The molecule has 2 aliphatic heterocycles. The summed E-state index contributed by atoms with van der Waals surface area (Å²) < 4.78 is 0. The average molecular weight is 248 g/mol. The molecule has 0 aliphatic carbocycles. The van der Waals surface area contributed by atoms with Gasteiger partial charge in [-0.1, -0.05) is 0 Å². The minimum absolute atomic E-state index is 0. The molecule has 1 spiro atoms. The summed E-state index contributed by atoms with van der Waals surface area (Å²) in [6.07, 6.45) is 3.69. The molecule has 0 aromatic heterocycles. The van der Waals surface area contributed by atoms with E-state index in [0.29, 0.717) is 12.8 Å². The first-order valence-electron chi connectivity index (χ1n) is 5.53. The number of nitrogens with zero attached hydrogens (tertiary/aromatic N) is 1. The monoisotopic (exact) mass is 248 g/mol. The Morgan fingerprint density at radius 1 is 1.38 bits per heavy atom. The van der Waals surface area contributed by atoms with Crippen molar-refractivity contribution >= 4 is 11.8 Å². The second kappa shape index (κ2) is 5.95. The Labute approximate surface area is 139 Å². The number of piperidine rings is 1. The van der Waals surface area contributed by atoms with Crippen molar-refractivity contribution in [2.24, 2.45) is 0 Å². The van der Waals surface area contributed by atoms with Gasteiger partial charge in [0.25, 0.3) is 0 Å². The number of hydrogen-bond donors (Lipinski definition) is 1. The normalized spacial score (nSPS) is 22.8. The van der Waals surface area contributed by atoms with E-state index < -0.39 is 0 Å². The maximum Gasteiger partial charge on any atom is 1.00 e. The predicted octanol–water partition coefficient (Wildman–Crippen LogP) is -2.51. The van der Waals surface area contributed by atoms with Gasteiger partial charge in [-0.05, 0) is 19.3 Å². The van der Waals surface area contributed by atoms with E-state index in [2.05, 4.69) is 12.2 Å². The Bertz CT molecular complexity index is 286. The molecule has 0 atom stereocenters. The first kappa shape index (κ1) is 14.6. The number of hydrogen-bond acceptors (Lipinski definition) is 2. The number of amides is 2. The third-order valence-corrected chi connectivity index (χ3v) is 3.52. The van der Waals surface area contributed by atoms with Crippen molar-refractivity contribution in [1.29, 1.82) is 0 Å². The van der Waals surface area contributed by atoms with Crippen LogP contribution in [0.4, 0.5) is 0 Å². The number of carbonyl (C=O) groups excluding carboxylic acids is 2. The van der Waals surface area contributed by atoms with Gasteiger partial charge < -0.3 is 17.1 Å². The van der Waals surface area contributed by atoms with Gasteiger partial charge in [-0.2, -0.15) is 0 Å². The second-order valence-electron chi connectivity index (χ2n) is 4.46. The van der Waals surface area contributed by atoms with Gasteiger partial charge in [0, 0.05) is 25.0 Å². The Morgan fingerprint density at radius 3 is 2.44 bits per heavy atom. The fourth-order valence-electron chi connectivity index (χ4n) is 2.49. The molecule has 2 heterocycles. The fraction of sp³-hybridized carbons (Fsp3) is 0.727. The van der Waals surface area contributed by atoms with E-state index in [1.54, 1.807) is 0 Å². The molecule has 84 valence electrons. The molecular formula is C11H17KN2O2. The van der Waals surface area contributed by atoms with Crippen LogP contribution in [0.15, 0.2) is 0 Å². The van der Waals surface area contributed by atoms with Gasteiger partial charge in [-0.3, -0.25) is 9.59 Å². The molecule has 0 aromatic carbocycles. The van der Waals surface area contributed by atoms with Gasteiger partial charge in [-0.15, -0.1) is 6.42 Å². The Hall–Kier alpha value is 0.576. The zero-order valence-corrected chi connectivity index (χ0v) is 13.0. The summed E-state index contributed by atoms with van der Waals surface area (Å²) in [5.41, 5.74) is -0.00493. The SMILES string of the molecule is [CH2-]CC(=O)N1CCC2(CCC(=O)N2)CC1.[K+]. The quantitative estimate of drug-likeness (QED) is 0.411. The molecule has 2 fully saturated rings. The summed E-state index contributed by atoms with van der Waals surface area (Å²) in [4.78, 5) is 24.4. The average Bonchev–Trinajstić information content (AvgIpc) is 2.60. The fourth-order valence-corrected chi connectivity index (χ4v) is 2.49. The minimum Gasteiger partial charge on any atom is -0.351 e. The van der Waals surface area contributed by atoms with Crippen molar-refractivity contribution < 1.29 is 61.0 Å². The van der Waals surface area contributed by atoms with E-state index in [4.69, 9.17) is 0 Å². The summed E-state index contributed by atoms with van der Waals surface area (Å²) in [7, 11) is 0. The van der Waals surface area contributed by atoms with Crippen molar-refractivity contribution in [3.8, 4) is 0 Å². The van der Waals surface area contributed by atoms with Crippen LogP contribution in [-0.4, -0.2) is 35.3 Å². The van der Waals surface area contributed by atoms with Crippen LogP contribution in [0.2, 0.25) is 0 Å². The predicted molar refractivity (Wildman–Crippen MR) is 55.9 cm³/mol. The van der Waals surface area contributed by atoms with E-state index in [0.717, 1.165) is 32.4 Å². The van der Waals surface area contributed by atoms with Gasteiger partial charge >= 0.3 is 51.4 Å². The molecular weight excluding hydrogens is 231 g/mol. The van der Waals surface area contributed by atoms with Crippen molar-refractivity contribution in [2.45, 2.75) is 37.6 Å². The molecule has 0 saturated carbocycles. The van der Waals surface area contributed by atoms with Gasteiger partial charge in [0.05, 0.1) is 0 Å². The smallest absolute Gasteiger partial charge is 0.351 e. The molecule has 2 rings (SSSR count). The molecule has 0 aromatic rings. The number of carbonyl (C=O) groups is 2. The Kier molecular flexibility index (Phi) is 5.45. The third-order valence-electron chi connectivity index (χ3n) is 3.52. The largest absolute Gasteiger partial charge is 1.00 e. The maximum atomic E-state index is 11.4. The van der Waals surface area contributed by atoms with Gasteiger partial charge in [0.1, 0.15) is 0 Å². The number of rotatable bonds is 1. The summed E-state index contributed by atoms with van der Waals surface area (Å²) in [6.45, 7) is 5.12. The molecule has 2 saturated heterocycles. The van der Waals surface area contributed by atoms with Crippen LogP contribution in [0.5, 0.6) is 0 Å². The number of nitrogens with one attached hydrogen (secondary N) is 1. The molecule has 5 heteroatoms. The van der Waals surface area contributed by atoms with E-state index in [1.165, 1.54) is 0 Å². The van der Waals surface area contributed by atoms with Crippen LogP contribution in [0.25, 0.3) is 0 Å². The van der Waals surface area contributed by atoms with E-state index in [9.17, 15) is 9.59 Å². The van der Waals surface area contributed by atoms with Gasteiger partial charge in [-0.25, -0.2) is 0 Å². The van der Waals surface area contributed by atoms with Crippen molar-refractivity contribution in [1.82, 2.24) is 10.2 Å². The van der Waals surface area contributed by atoms with Crippen LogP contribution in [0.1, 0.15) is 32.1 Å². The summed E-state index contributed by atoms with van der Waals surface area (Å²) in [5, 5.41) is 3.05. The zero-order valence-electron chi connectivity index (χ0n) is 9.92. The van der Waals surface area contributed by atoms with Crippen LogP contribution in [0.3, 0.4) is 0 Å². The topological polar surface area (TPSA) is 49.4 Å². The minimum atomic E-state index is -0.00493. The third kappa shape index (κ3) is 3.07. The van der Waals surface area contributed by atoms with Crippen molar-refractivity contribution in [3.05, 3.63) is 6.92 Å². The van der Waals surface area contributed by atoms with E-state index in [1.807, 2.05) is 4.90 Å². The number of likely N-dealkylation sites (tertiary alicyclic amines) is 1. The molecule has 2 aliphatic rings. The first-order chi connectivity index (χ1) is 7.15. The van der Waals surface area contributed by atoms with Crippen molar-refractivity contribution in [3.63, 3.8) is 0 Å². The van der Waals surface area contributed by atoms with E-state index >= 15 is 0 Å². The van der Waals surface area contributed by atoms with Gasteiger partial charge in [0.2, 0.25) is 5.91 Å². The van der Waals surface area contributed by atoms with Crippen LogP contribution >= 0.6 is 0 Å². The van der Waals surface area contributed by atoms with Gasteiger partial charge in [0.15, 0.2) is 5.91 Å². The Balaban J connectivity index is 0.00000128. The summed E-state index contributed by atoms with van der Waals surface area (Å²) >= 11 is 0. The second-order valence-corrected chi connectivity index (χ2v) is 4.46. The van der Waals surface area contributed by atoms with Crippen molar-refractivity contribution in [2.75, 3.05) is 13.1 Å². The van der Waals surface area contributed by atoms with Crippen LogP contribution in [-0.2, 0) is 9.59 Å². The Morgan fingerprint density at radius 2 is 2.00 bits per heavy atom. The summed E-state index contributed by atoms with van der Waals surface area (Å²) in [6, 6.07) is 0. The molecule has 1 N–H and O–H groups in total. The standard InChI is InChI=1S/C11H17N2O2.K/c1-2-10(15)13-7-5-11(6-8-13)4-3-9(14)12-11;/h1-8H2,(H,12,14);/q-1;+1. The molecule has 2 amide bonds. The van der Waals surface area contributed by atoms with Crippen LogP contribution in [0, 0.1) is 6.92 Å². The molecule has 0 radical (unpaired) electrons. The van der Waals surface area contributed by atoms with Crippen LogP contribution < -0.4 is 56.7 Å². The zero-order chi connectivity index (χ0) is 10.9. The molecule has 0 unspecified atom stereocenters. The maximum absolute atomic E-state index is 11.4. The van der Waals surface area contributed by atoms with E-state index in [-0.39, 0.29) is 68.7 Å². The molecule has 4 nitrogen and oxygen atoms in total.